The molecular weight excluding hydrogens is 747 g/mol. The number of ether oxygens (including phenoxy) is 2. The van der Waals surface area contributed by atoms with Crippen LogP contribution < -0.4 is 16.7 Å². The Morgan fingerprint density at radius 3 is 1.74 bits per heavy atom. The first-order chi connectivity index (χ1) is 27.1. The van der Waals surface area contributed by atoms with Crippen LogP contribution in [0.25, 0.3) is 11.0 Å². The first-order valence-corrected chi connectivity index (χ1v) is 20.8. The molecule has 0 bridgehead atoms. The second-order valence-electron chi connectivity index (χ2n) is 19.1. The highest BCUT2D eigenvalue weighted by atomic mass is 19.1. The summed E-state index contributed by atoms with van der Waals surface area (Å²) in [5, 5.41) is 3.45. The minimum Gasteiger partial charge on any atom is -0.444 e. The van der Waals surface area contributed by atoms with E-state index in [1.807, 2.05) is 46.4 Å². The number of fused-ring (bicyclic) bond motifs is 1. The normalized spacial score (nSPS) is 24.2. The fourth-order valence-corrected chi connectivity index (χ4v) is 8.95. The van der Waals surface area contributed by atoms with Gasteiger partial charge in [0.2, 0.25) is 0 Å². The van der Waals surface area contributed by atoms with E-state index in [9.17, 15) is 23.2 Å². The van der Waals surface area contributed by atoms with Crippen molar-refractivity contribution in [1.82, 2.24) is 29.2 Å². The van der Waals surface area contributed by atoms with Crippen LogP contribution in [0.2, 0.25) is 0 Å². The summed E-state index contributed by atoms with van der Waals surface area (Å²) in [6.07, 6.45) is 5.03. The third-order valence-corrected chi connectivity index (χ3v) is 12.1. The van der Waals surface area contributed by atoms with Gasteiger partial charge in [0.05, 0.1) is 22.4 Å². The summed E-state index contributed by atoms with van der Waals surface area (Å²) in [4.78, 5) is 48.6. The van der Waals surface area contributed by atoms with Crippen molar-refractivity contribution < 1.29 is 27.8 Å². The van der Waals surface area contributed by atoms with E-state index in [2.05, 4.69) is 33.9 Å². The molecule has 2 aromatic carbocycles. The molecule has 58 heavy (non-hydrogen) atoms. The zero-order valence-corrected chi connectivity index (χ0v) is 35.6. The van der Waals surface area contributed by atoms with E-state index in [4.69, 9.17) is 15.2 Å². The molecule has 5 heterocycles. The number of aromatic amines is 1. The predicted molar refractivity (Wildman–Crippen MR) is 223 cm³/mol. The van der Waals surface area contributed by atoms with E-state index in [0.717, 1.165) is 82.5 Å². The molecule has 0 radical (unpaired) electrons. The molecule has 4 aliphatic heterocycles. The Labute approximate surface area is 341 Å². The topological polar surface area (TPSA) is 141 Å². The highest BCUT2D eigenvalue weighted by Gasteiger charge is 2.44. The van der Waals surface area contributed by atoms with Gasteiger partial charge in [-0.05, 0) is 130 Å². The largest absolute Gasteiger partial charge is 0.444 e. The van der Waals surface area contributed by atoms with Crippen LogP contribution in [0.1, 0.15) is 100.0 Å². The fraction of sp³-hybridized carbons (Fsp3) is 0.651. The van der Waals surface area contributed by atoms with E-state index in [-0.39, 0.29) is 46.6 Å². The molecule has 0 aliphatic carbocycles. The number of carbonyl (C=O) groups excluding carboxylic acids is 2. The van der Waals surface area contributed by atoms with Gasteiger partial charge in [0, 0.05) is 75.5 Å². The second kappa shape index (κ2) is 16.7. The van der Waals surface area contributed by atoms with Crippen molar-refractivity contribution in [3.63, 3.8) is 0 Å². The average molecular weight is 811 g/mol. The van der Waals surface area contributed by atoms with E-state index in [1.54, 1.807) is 21.6 Å². The number of amides is 2. The molecule has 0 saturated carbocycles. The lowest BCUT2D eigenvalue weighted by Gasteiger charge is -2.43. The molecule has 15 heteroatoms. The number of rotatable bonds is 5. The molecule has 1 aromatic heterocycles. The summed E-state index contributed by atoms with van der Waals surface area (Å²) in [5.41, 5.74) is 7.19. The Balaban J connectivity index is 0.000000196. The Morgan fingerprint density at radius 1 is 0.759 bits per heavy atom. The molecule has 13 nitrogen and oxygen atoms in total. The van der Waals surface area contributed by atoms with Gasteiger partial charge < -0.3 is 35.3 Å². The standard InChI is InChI=1S/C22H31FN4O3.C21H33FN4O2/c1-21(2,3)30-20(29)25-12-9-22(4,14-25)26-10-7-16(8-11-26)27-18-6-5-15(23)13-17(18)24-19(27)28;1-20(2,3)28-19(27)25-12-9-21(4,14-25)26-10-7-16(8-11-26)24-18-6-5-15(22)13-17(18)23/h5-6,13,16H,7-12,14H2,1-4H3,(H,24,28);5-6,13,16,24H,7-12,14,23H2,1-4H3. The SMILES string of the molecule is CC(C)(C)OC(=O)N1CCC(C)(N2CCC(Nc3ccc(F)cc3N)CC2)C1.CC(C)(C)OC(=O)N1CCC(C)(N2CCC(n3c(=O)[nH]c4cc(F)ccc43)CC2)C1. The zero-order chi connectivity index (χ0) is 42.2. The van der Waals surface area contributed by atoms with Gasteiger partial charge in [-0.1, -0.05) is 0 Å². The third kappa shape index (κ3) is 10.3. The summed E-state index contributed by atoms with van der Waals surface area (Å²) in [5.74, 6) is -0.670. The first-order valence-electron chi connectivity index (χ1n) is 20.8. The number of anilines is 2. The monoisotopic (exact) mass is 810 g/mol. The number of nitrogens with zero attached hydrogens (tertiary/aromatic N) is 5. The van der Waals surface area contributed by atoms with Crippen LogP contribution in [0.15, 0.2) is 41.2 Å². The van der Waals surface area contributed by atoms with Crippen molar-refractivity contribution in [3.8, 4) is 0 Å². The van der Waals surface area contributed by atoms with Gasteiger partial charge >= 0.3 is 17.9 Å². The van der Waals surface area contributed by atoms with E-state index in [0.29, 0.717) is 36.9 Å². The van der Waals surface area contributed by atoms with Crippen LogP contribution in [0.5, 0.6) is 0 Å². The number of nitrogens with one attached hydrogen (secondary N) is 2. The number of piperidine rings is 2. The number of imidazole rings is 1. The van der Waals surface area contributed by atoms with Crippen molar-refractivity contribution in [2.75, 3.05) is 63.4 Å². The van der Waals surface area contributed by atoms with E-state index in [1.165, 1.54) is 24.3 Å². The number of likely N-dealkylation sites (tertiary alicyclic amines) is 4. The Hall–Kier alpha value is -4.37. The Kier molecular flexibility index (Phi) is 12.4. The zero-order valence-electron chi connectivity index (χ0n) is 35.6. The fourth-order valence-electron chi connectivity index (χ4n) is 8.95. The summed E-state index contributed by atoms with van der Waals surface area (Å²) >= 11 is 0. The van der Waals surface area contributed by atoms with E-state index < -0.39 is 11.2 Å². The van der Waals surface area contributed by atoms with Gasteiger partial charge in [-0.25, -0.2) is 23.2 Å². The lowest BCUT2D eigenvalue weighted by Crippen LogP contribution is -2.53. The number of nitrogen functional groups attached to an aromatic ring is 1. The molecule has 2 amide bonds. The quantitative estimate of drug-likeness (QED) is 0.229. The maximum atomic E-state index is 13.5. The number of nitrogens with two attached hydrogens (primary N) is 1. The predicted octanol–water partition coefficient (Wildman–Crippen LogP) is 7.19. The summed E-state index contributed by atoms with van der Waals surface area (Å²) in [6.45, 7) is 22.2. The number of H-pyrrole nitrogens is 1. The van der Waals surface area contributed by atoms with Crippen LogP contribution >= 0.6 is 0 Å². The Morgan fingerprint density at radius 2 is 1.24 bits per heavy atom. The van der Waals surface area contributed by atoms with Gasteiger partial charge in [0.15, 0.2) is 0 Å². The number of halogens is 2. The van der Waals surface area contributed by atoms with Gasteiger partial charge in [-0.3, -0.25) is 14.4 Å². The number of carbonyl (C=O) groups is 2. The smallest absolute Gasteiger partial charge is 0.410 e. The molecule has 4 aliphatic rings. The second-order valence-corrected chi connectivity index (χ2v) is 19.1. The van der Waals surface area contributed by atoms with Gasteiger partial charge in [0.1, 0.15) is 22.8 Å². The van der Waals surface area contributed by atoms with Gasteiger partial charge in [-0.15, -0.1) is 0 Å². The Bertz CT molecular complexity index is 1990. The first kappa shape index (κ1) is 43.2. The highest BCUT2D eigenvalue weighted by Crippen LogP contribution is 2.35. The van der Waals surface area contributed by atoms with Crippen molar-refractivity contribution in [2.24, 2.45) is 0 Å². The summed E-state index contributed by atoms with van der Waals surface area (Å²) in [6, 6.07) is 9.32. The van der Waals surface area contributed by atoms with Gasteiger partial charge in [-0.2, -0.15) is 0 Å². The van der Waals surface area contributed by atoms with Crippen LogP contribution in [-0.4, -0.2) is 122 Å². The molecule has 7 rings (SSSR count). The summed E-state index contributed by atoms with van der Waals surface area (Å²) in [7, 11) is 0. The minimum atomic E-state index is -0.496. The highest BCUT2D eigenvalue weighted by molar-refractivity contribution is 5.75. The molecule has 4 N–H and O–H groups in total. The molecule has 320 valence electrons. The van der Waals surface area contributed by atoms with Gasteiger partial charge in [0.25, 0.3) is 0 Å². The van der Waals surface area contributed by atoms with Crippen LogP contribution in [0.4, 0.5) is 29.7 Å². The van der Waals surface area contributed by atoms with Crippen LogP contribution in [0.3, 0.4) is 0 Å². The molecule has 2 unspecified atom stereocenters. The van der Waals surface area contributed by atoms with Crippen molar-refractivity contribution in [3.05, 3.63) is 58.5 Å². The number of aromatic nitrogens is 2. The van der Waals surface area contributed by atoms with Crippen molar-refractivity contribution in [1.29, 1.82) is 0 Å². The summed E-state index contributed by atoms with van der Waals surface area (Å²) < 4.78 is 39.5. The maximum absolute atomic E-state index is 13.5. The number of hydrogen-bond acceptors (Lipinski definition) is 9. The molecule has 2 atom stereocenters. The van der Waals surface area contributed by atoms with Crippen LogP contribution in [-0.2, 0) is 9.47 Å². The average Bonchev–Trinajstić information content (AvgIpc) is 3.84. The van der Waals surface area contributed by atoms with Crippen molar-refractivity contribution >= 4 is 34.6 Å². The maximum Gasteiger partial charge on any atom is 0.410 e. The van der Waals surface area contributed by atoms with E-state index >= 15 is 0 Å². The minimum absolute atomic E-state index is 0.0171. The number of benzene rings is 2. The molecular formula is C43H64F2N8O5. The molecule has 4 saturated heterocycles. The molecule has 4 fully saturated rings. The number of hydrogen-bond donors (Lipinski definition) is 3. The lowest BCUT2D eigenvalue weighted by molar-refractivity contribution is 0.0217. The van der Waals surface area contributed by atoms with Crippen molar-refractivity contribution in [2.45, 2.75) is 128 Å². The molecule has 3 aromatic rings. The van der Waals surface area contributed by atoms with Crippen LogP contribution in [0, 0.1) is 11.6 Å². The third-order valence-electron chi connectivity index (χ3n) is 12.1. The lowest BCUT2D eigenvalue weighted by atomic mass is 9.94. The molecule has 0 spiro atoms.